The maximum atomic E-state index is 12.7. The molecule has 27 heavy (non-hydrogen) atoms. The van der Waals surface area contributed by atoms with Gasteiger partial charge in [-0.2, -0.15) is 0 Å². The molecule has 2 aliphatic rings. The third-order valence-electron chi connectivity index (χ3n) is 5.27. The van der Waals surface area contributed by atoms with Gasteiger partial charge in [0.1, 0.15) is 5.75 Å². The summed E-state index contributed by atoms with van der Waals surface area (Å²) in [4.78, 5) is 28.9. The molecule has 1 fully saturated rings. The molecule has 2 aromatic rings. The van der Waals surface area contributed by atoms with Gasteiger partial charge in [-0.25, -0.2) is 0 Å². The number of hydrogen-bond donors (Lipinski definition) is 0. The largest absolute Gasteiger partial charge is 0.493 e. The fraction of sp³-hybridized carbons (Fsp3) is 0.364. The van der Waals surface area contributed by atoms with Crippen LogP contribution >= 0.6 is 0 Å². The SMILES string of the molecule is O=C(Cc1ccc2c(c1)CCCO2)N1CCN(C(=O)c2ccccc2)CC1. The van der Waals surface area contributed by atoms with Gasteiger partial charge in [0.2, 0.25) is 5.91 Å². The van der Waals surface area contributed by atoms with E-state index in [1.807, 2.05) is 52.3 Å². The fourth-order valence-corrected chi connectivity index (χ4v) is 3.73. The molecule has 5 nitrogen and oxygen atoms in total. The number of piperazine rings is 1. The molecule has 0 unspecified atom stereocenters. The number of ether oxygens (including phenoxy) is 1. The third kappa shape index (κ3) is 3.97. The molecule has 4 rings (SSSR count). The number of benzene rings is 2. The molecule has 140 valence electrons. The smallest absolute Gasteiger partial charge is 0.253 e. The standard InChI is InChI=1S/C22H24N2O3/c25-21(16-17-8-9-20-19(15-17)7-4-14-27-20)23-10-12-24(13-11-23)22(26)18-5-2-1-3-6-18/h1-3,5-6,8-9,15H,4,7,10-14,16H2. The van der Waals surface area contributed by atoms with Crippen molar-refractivity contribution in [1.82, 2.24) is 9.80 Å². The van der Waals surface area contributed by atoms with Crippen LogP contribution in [0.2, 0.25) is 0 Å². The molecular formula is C22H24N2O3. The van der Waals surface area contributed by atoms with Crippen LogP contribution in [0.4, 0.5) is 0 Å². The molecule has 0 N–H and O–H groups in total. The van der Waals surface area contributed by atoms with Crippen LogP contribution in [0.3, 0.4) is 0 Å². The topological polar surface area (TPSA) is 49.9 Å². The molecule has 0 spiro atoms. The molecule has 0 atom stereocenters. The van der Waals surface area contributed by atoms with E-state index in [0.29, 0.717) is 38.2 Å². The normalized spacial score (nSPS) is 16.4. The first kappa shape index (κ1) is 17.6. The highest BCUT2D eigenvalue weighted by Gasteiger charge is 2.25. The van der Waals surface area contributed by atoms with E-state index in [1.54, 1.807) is 0 Å². The predicted molar refractivity (Wildman–Crippen MR) is 103 cm³/mol. The van der Waals surface area contributed by atoms with E-state index >= 15 is 0 Å². The Hall–Kier alpha value is -2.82. The molecule has 0 aromatic heterocycles. The van der Waals surface area contributed by atoms with E-state index in [0.717, 1.165) is 30.8 Å². The summed E-state index contributed by atoms with van der Waals surface area (Å²) in [5.74, 6) is 1.11. The van der Waals surface area contributed by atoms with Crippen LogP contribution < -0.4 is 4.74 Å². The van der Waals surface area contributed by atoms with Crippen molar-refractivity contribution in [3.63, 3.8) is 0 Å². The van der Waals surface area contributed by atoms with Gasteiger partial charge in [-0.1, -0.05) is 30.3 Å². The van der Waals surface area contributed by atoms with Crippen molar-refractivity contribution < 1.29 is 14.3 Å². The van der Waals surface area contributed by atoms with E-state index in [-0.39, 0.29) is 11.8 Å². The second-order valence-electron chi connectivity index (χ2n) is 7.11. The summed E-state index contributed by atoms with van der Waals surface area (Å²) in [5.41, 5.74) is 2.94. The Kier molecular flexibility index (Phi) is 5.10. The summed E-state index contributed by atoms with van der Waals surface area (Å²) in [5, 5.41) is 0. The zero-order valence-electron chi connectivity index (χ0n) is 15.4. The molecule has 2 aliphatic heterocycles. The van der Waals surface area contributed by atoms with Crippen LogP contribution in [0.5, 0.6) is 5.75 Å². The van der Waals surface area contributed by atoms with Gasteiger partial charge in [-0.3, -0.25) is 9.59 Å². The molecule has 5 heteroatoms. The minimum absolute atomic E-state index is 0.0392. The zero-order valence-corrected chi connectivity index (χ0v) is 15.4. The Morgan fingerprint density at radius 1 is 0.926 bits per heavy atom. The fourth-order valence-electron chi connectivity index (χ4n) is 3.73. The molecule has 1 saturated heterocycles. The van der Waals surface area contributed by atoms with Crippen LogP contribution in [0.1, 0.15) is 27.9 Å². The summed E-state index contributed by atoms with van der Waals surface area (Å²) in [6.07, 6.45) is 2.44. The summed E-state index contributed by atoms with van der Waals surface area (Å²) in [6.45, 7) is 3.11. The molecule has 2 aromatic carbocycles. The molecule has 2 amide bonds. The highest BCUT2D eigenvalue weighted by atomic mass is 16.5. The Labute approximate surface area is 159 Å². The Morgan fingerprint density at radius 3 is 2.44 bits per heavy atom. The maximum Gasteiger partial charge on any atom is 0.253 e. The third-order valence-corrected chi connectivity index (χ3v) is 5.27. The number of carbonyl (C=O) groups excluding carboxylic acids is 2. The first-order chi connectivity index (χ1) is 13.2. The van der Waals surface area contributed by atoms with Crippen molar-refractivity contribution in [2.45, 2.75) is 19.3 Å². The van der Waals surface area contributed by atoms with Crippen LogP contribution in [-0.4, -0.2) is 54.4 Å². The number of aryl methyl sites for hydroxylation is 1. The number of fused-ring (bicyclic) bond motifs is 1. The van der Waals surface area contributed by atoms with E-state index < -0.39 is 0 Å². The van der Waals surface area contributed by atoms with Gasteiger partial charge >= 0.3 is 0 Å². The average molecular weight is 364 g/mol. The van der Waals surface area contributed by atoms with Crippen LogP contribution in [0.15, 0.2) is 48.5 Å². The highest BCUT2D eigenvalue weighted by molar-refractivity contribution is 5.94. The average Bonchev–Trinajstić information content (AvgIpc) is 2.74. The highest BCUT2D eigenvalue weighted by Crippen LogP contribution is 2.26. The lowest BCUT2D eigenvalue weighted by Gasteiger charge is -2.35. The van der Waals surface area contributed by atoms with Gasteiger partial charge in [0.15, 0.2) is 0 Å². The van der Waals surface area contributed by atoms with Crippen molar-refractivity contribution in [3.05, 3.63) is 65.2 Å². The second-order valence-corrected chi connectivity index (χ2v) is 7.11. The van der Waals surface area contributed by atoms with E-state index in [4.69, 9.17) is 4.74 Å². The molecule has 2 heterocycles. The molecular weight excluding hydrogens is 340 g/mol. The van der Waals surface area contributed by atoms with E-state index in [9.17, 15) is 9.59 Å². The summed E-state index contributed by atoms with van der Waals surface area (Å²) in [7, 11) is 0. The minimum Gasteiger partial charge on any atom is -0.493 e. The van der Waals surface area contributed by atoms with Crippen molar-refractivity contribution in [1.29, 1.82) is 0 Å². The van der Waals surface area contributed by atoms with Crippen LogP contribution in [0.25, 0.3) is 0 Å². The first-order valence-electron chi connectivity index (χ1n) is 9.57. The molecule has 0 bridgehead atoms. The Morgan fingerprint density at radius 2 is 1.67 bits per heavy atom. The van der Waals surface area contributed by atoms with Gasteiger partial charge in [-0.05, 0) is 42.2 Å². The predicted octanol–water partition coefficient (Wildman–Crippen LogP) is 2.54. The zero-order chi connectivity index (χ0) is 18.6. The molecule has 0 saturated carbocycles. The van der Waals surface area contributed by atoms with Gasteiger partial charge in [0.05, 0.1) is 13.0 Å². The Balaban J connectivity index is 1.33. The first-order valence-corrected chi connectivity index (χ1v) is 9.57. The summed E-state index contributed by atoms with van der Waals surface area (Å²) >= 11 is 0. The van der Waals surface area contributed by atoms with Gasteiger partial charge < -0.3 is 14.5 Å². The number of amides is 2. The van der Waals surface area contributed by atoms with E-state index in [1.165, 1.54) is 5.56 Å². The van der Waals surface area contributed by atoms with Crippen LogP contribution in [-0.2, 0) is 17.6 Å². The number of nitrogens with zero attached hydrogens (tertiary/aromatic N) is 2. The summed E-state index contributed by atoms with van der Waals surface area (Å²) < 4.78 is 5.64. The van der Waals surface area contributed by atoms with Crippen molar-refractivity contribution >= 4 is 11.8 Å². The van der Waals surface area contributed by atoms with Crippen molar-refractivity contribution in [2.75, 3.05) is 32.8 Å². The maximum absolute atomic E-state index is 12.7. The quantitative estimate of drug-likeness (QED) is 0.841. The number of carbonyl (C=O) groups is 2. The van der Waals surface area contributed by atoms with E-state index in [2.05, 4.69) is 6.07 Å². The van der Waals surface area contributed by atoms with Crippen molar-refractivity contribution in [3.8, 4) is 5.75 Å². The van der Waals surface area contributed by atoms with Gasteiger partial charge in [-0.15, -0.1) is 0 Å². The molecule has 0 aliphatic carbocycles. The lowest BCUT2D eigenvalue weighted by molar-refractivity contribution is -0.131. The lowest BCUT2D eigenvalue weighted by Crippen LogP contribution is -2.51. The minimum atomic E-state index is 0.0392. The van der Waals surface area contributed by atoms with Crippen molar-refractivity contribution in [2.24, 2.45) is 0 Å². The Bertz CT molecular complexity index is 827. The monoisotopic (exact) mass is 364 g/mol. The second kappa shape index (κ2) is 7.82. The molecule has 0 radical (unpaired) electrons. The number of rotatable bonds is 3. The lowest BCUT2D eigenvalue weighted by atomic mass is 10.0. The van der Waals surface area contributed by atoms with Crippen LogP contribution in [0, 0.1) is 0 Å². The van der Waals surface area contributed by atoms with Gasteiger partial charge in [0.25, 0.3) is 5.91 Å². The summed E-state index contributed by atoms with van der Waals surface area (Å²) in [6, 6.07) is 15.4. The number of hydrogen-bond acceptors (Lipinski definition) is 3. The van der Waals surface area contributed by atoms with Gasteiger partial charge in [0, 0.05) is 31.7 Å².